The minimum absolute atomic E-state index is 0.109. The quantitative estimate of drug-likeness (QED) is 0.339. The van der Waals surface area contributed by atoms with E-state index in [9.17, 15) is 4.79 Å². The summed E-state index contributed by atoms with van der Waals surface area (Å²) in [7, 11) is 2.16. The van der Waals surface area contributed by atoms with Gasteiger partial charge in [-0.25, -0.2) is 14.8 Å². The lowest BCUT2D eigenvalue weighted by atomic mass is 10.1. The lowest BCUT2D eigenvalue weighted by Crippen LogP contribution is -2.36. The third-order valence-corrected chi connectivity index (χ3v) is 7.38. The summed E-state index contributed by atoms with van der Waals surface area (Å²) in [4.78, 5) is 33.4. The first kappa shape index (κ1) is 24.5. The Bertz CT molecular complexity index is 1570. The zero-order chi connectivity index (χ0) is 26.4. The molecule has 2 aromatic heterocycles. The van der Waals surface area contributed by atoms with Gasteiger partial charge >= 0.3 is 6.09 Å². The number of fused-ring (bicyclic) bond motifs is 2. The third-order valence-electron chi connectivity index (χ3n) is 7.38. The number of rotatable bonds is 2. The highest BCUT2D eigenvalue weighted by Gasteiger charge is 2.35. The molecule has 2 atom stereocenters. The number of likely N-dealkylation sites (tertiary alicyclic amines) is 2. The second kappa shape index (κ2) is 9.48. The van der Waals surface area contributed by atoms with Gasteiger partial charge in [-0.2, -0.15) is 0 Å². The van der Waals surface area contributed by atoms with Crippen LogP contribution in [0.3, 0.4) is 0 Å². The van der Waals surface area contributed by atoms with Crippen molar-refractivity contribution in [3.63, 3.8) is 0 Å². The second-order valence-corrected chi connectivity index (χ2v) is 11.4. The van der Waals surface area contributed by atoms with Crippen molar-refractivity contribution >= 4 is 28.2 Å². The van der Waals surface area contributed by atoms with Crippen molar-refractivity contribution in [2.75, 3.05) is 20.1 Å². The van der Waals surface area contributed by atoms with Crippen LogP contribution in [0.15, 0.2) is 36.4 Å². The van der Waals surface area contributed by atoms with E-state index in [0.717, 1.165) is 70.6 Å². The Morgan fingerprint density at radius 3 is 2.00 bits per heavy atom. The molecule has 2 unspecified atom stereocenters. The summed E-state index contributed by atoms with van der Waals surface area (Å²) in [5.74, 6) is 8.43. The number of ether oxygens (including phenoxy) is 1. The molecule has 0 saturated carbocycles. The molecule has 2 aromatic carbocycles. The van der Waals surface area contributed by atoms with Gasteiger partial charge in [0.15, 0.2) is 0 Å². The molecule has 6 rings (SSSR count). The molecule has 1 amide bonds. The summed E-state index contributed by atoms with van der Waals surface area (Å²) in [5.41, 5.74) is 5.10. The van der Waals surface area contributed by atoms with Gasteiger partial charge in [0, 0.05) is 17.7 Å². The predicted molar refractivity (Wildman–Crippen MR) is 148 cm³/mol. The highest BCUT2D eigenvalue weighted by Crippen LogP contribution is 2.33. The largest absolute Gasteiger partial charge is 0.444 e. The molecule has 4 heterocycles. The van der Waals surface area contributed by atoms with Crippen molar-refractivity contribution in [3.8, 4) is 11.8 Å². The van der Waals surface area contributed by atoms with Gasteiger partial charge < -0.3 is 14.7 Å². The van der Waals surface area contributed by atoms with Crippen molar-refractivity contribution in [2.45, 2.75) is 64.1 Å². The first-order valence-electron chi connectivity index (χ1n) is 13.4. The molecular formula is C30H34N6O2. The first-order chi connectivity index (χ1) is 18.2. The molecular weight excluding hydrogens is 476 g/mol. The minimum Gasteiger partial charge on any atom is -0.444 e. The molecule has 8 nitrogen and oxygen atoms in total. The average molecular weight is 511 g/mol. The van der Waals surface area contributed by atoms with Crippen molar-refractivity contribution in [1.29, 1.82) is 0 Å². The number of hydrogen-bond acceptors (Lipinski definition) is 5. The maximum atomic E-state index is 12.7. The van der Waals surface area contributed by atoms with Gasteiger partial charge in [-0.15, -0.1) is 0 Å². The molecule has 196 valence electrons. The van der Waals surface area contributed by atoms with Gasteiger partial charge in [-0.05, 0) is 96.4 Å². The standard InChI is InChI=1S/C30H34N6O2/c1-30(2,3)38-29(37)36-16-6-8-26(36)28-32-22-14-12-20(18-24(22)34-28)10-9-19-11-13-21-23(17-19)33-27(31-21)25-7-5-15-35(25)4/h11-14,17-18,25-26H,5-8,15-16H2,1-4H3,(H,31,33)(H,32,34). The fraction of sp³-hybridized carbons (Fsp3) is 0.433. The van der Waals surface area contributed by atoms with Gasteiger partial charge in [0.1, 0.15) is 17.2 Å². The lowest BCUT2D eigenvalue weighted by Gasteiger charge is -2.27. The molecule has 38 heavy (non-hydrogen) atoms. The number of imidazole rings is 2. The molecule has 2 N–H and O–H groups in total. The molecule has 4 aromatic rings. The molecule has 0 bridgehead atoms. The van der Waals surface area contributed by atoms with Crippen molar-refractivity contribution in [1.82, 2.24) is 29.7 Å². The SMILES string of the molecule is CN1CCCC1c1nc2ccc(C#Cc3ccc4nc(C5CCCN5C(=O)OC(C)(C)C)[nH]c4c3)cc2[nH]1. The monoisotopic (exact) mass is 510 g/mol. The number of carbonyl (C=O) groups excluding carboxylic acids is 1. The number of hydrogen-bond donors (Lipinski definition) is 2. The molecule has 8 heteroatoms. The number of aromatic amines is 2. The van der Waals surface area contributed by atoms with Gasteiger partial charge in [0.25, 0.3) is 0 Å². The lowest BCUT2D eigenvalue weighted by molar-refractivity contribution is 0.0219. The Balaban J connectivity index is 1.21. The Morgan fingerprint density at radius 1 is 0.895 bits per heavy atom. The van der Waals surface area contributed by atoms with Crippen LogP contribution in [0.2, 0.25) is 0 Å². The molecule has 2 fully saturated rings. The average Bonchev–Trinajstić information content (AvgIpc) is 3.65. The Kier molecular flexibility index (Phi) is 6.11. The maximum absolute atomic E-state index is 12.7. The Morgan fingerprint density at radius 2 is 1.45 bits per heavy atom. The fourth-order valence-corrected chi connectivity index (χ4v) is 5.52. The summed E-state index contributed by atoms with van der Waals surface area (Å²) in [6.07, 6.45) is 3.85. The van der Waals surface area contributed by atoms with Crippen molar-refractivity contribution in [2.24, 2.45) is 0 Å². The van der Waals surface area contributed by atoms with Crippen molar-refractivity contribution in [3.05, 3.63) is 59.2 Å². The topological polar surface area (TPSA) is 90.1 Å². The number of nitrogens with zero attached hydrogens (tertiary/aromatic N) is 4. The Labute approximate surface area is 222 Å². The Hall–Kier alpha value is -3.83. The van der Waals surface area contributed by atoms with Crippen LogP contribution in [0.1, 0.15) is 81.3 Å². The van der Waals surface area contributed by atoms with E-state index >= 15 is 0 Å². The van der Waals surface area contributed by atoms with E-state index in [1.54, 1.807) is 4.90 Å². The normalized spacial score (nSPS) is 20.3. The van der Waals surface area contributed by atoms with E-state index < -0.39 is 5.60 Å². The van der Waals surface area contributed by atoms with E-state index in [2.05, 4.69) is 39.8 Å². The second-order valence-electron chi connectivity index (χ2n) is 11.4. The van der Waals surface area contributed by atoms with E-state index in [-0.39, 0.29) is 12.1 Å². The third kappa shape index (κ3) is 4.86. The number of benzene rings is 2. The summed E-state index contributed by atoms with van der Waals surface area (Å²) >= 11 is 0. The van der Waals surface area contributed by atoms with E-state index in [4.69, 9.17) is 14.7 Å². The number of nitrogens with one attached hydrogen (secondary N) is 2. The van der Waals surface area contributed by atoms with Crippen LogP contribution < -0.4 is 0 Å². The zero-order valence-electron chi connectivity index (χ0n) is 22.5. The minimum atomic E-state index is -0.525. The number of carbonyl (C=O) groups is 1. The van der Waals surface area contributed by atoms with E-state index in [1.807, 2.05) is 51.1 Å². The van der Waals surface area contributed by atoms with Crippen LogP contribution in [0.25, 0.3) is 22.1 Å². The summed E-state index contributed by atoms with van der Waals surface area (Å²) in [5, 5.41) is 0. The number of aromatic nitrogens is 4. The molecule has 0 aliphatic carbocycles. The molecule has 0 radical (unpaired) electrons. The highest BCUT2D eigenvalue weighted by molar-refractivity contribution is 5.79. The fourth-order valence-electron chi connectivity index (χ4n) is 5.52. The first-order valence-corrected chi connectivity index (χ1v) is 13.4. The summed E-state index contributed by atoms with van der Waals surface area (Å²) in [6.45, 7) is 7.45. The number of H-pyrrole nitrogens is 2. The molecule has 2 aliphatic rings. The van der Waals surface area contributed by atoms with E-state index in [0.29, 0.717) is 12.6 Å². The van der Waals surface area contributed by atoms with Crippen LogP contribution >= 0.6 is 0 Å². The van der Waals surface area contributed by atoms with Crippen LogP contribution in [0.5, 0.6) is 0 Å². The smallest absolute Gasteiger partial charge is 0.410 e. The van der Waals surface area contributed by atoms with Crippen LogP contribution in [-0.2, 0) is 4.74 Å². The van der Waals surface area contributed by atoms with Gasteiger partial charge in [-0.3, -0.25) is 9.80 Å². The van der Waals surface area contributed by atoms with Gasteiger partial charge in [0.2, 0.25) is 0 Å². The predicted octanol–water partition coefficient (Wildman–Crippen LogP) is 5.68. The molecule has 2 saturated heterocycles. The zero-order valence-corrected chi connectivity index (χ0v) is 22.5. The summed E-state index contributed by atoms with van der Waals surface area (Å²) < 4.78 is 5.62. The number of amides is 1. The molecule has 0 spiro atoms. The van der Waals surface area contributed by atoms with Gasteiger partial charge in [0.05, 0.1) is 34.2 Å². The van der Waals surface area contributed by atoms with Crippen LogP contribution in [0, 0.1) is 11.8 Å². The van der Waals surface area contributed by atoms with Gasteiger partial charge in [-0.1, -0.05) is 11.8 Å². The summed E-state index contributed by atoms with van der Waals surface area (Å²) in [6, 6.07) is 12.4. The highest BCUT2D eigenvalue weighted by atomic mass is 16.6. The maximum Gasteiger partial charge on any atom is 0.410 e. The van der Waals surface area contributed by atoms with Crippen LogP contribution in [-0.4, -0.2) is 61.6 Å². The van der Waals surface area contributed by atoms with Crippen LogP contribution in [0.4, 0.5) is 4.79 Å². The molecule has 2 aliphatic heterocycles. The van der Waals surface area contributed by atoms with Crippen molar-refractivity contribution < 1.29 is 9.53 Å². The van der Waals surface area contributed by atoms with E-state index in [1.165, 1.54) is 6.42 Å².